The molecule has 1 aliphatic rings. The van der Waals surface area contributed by atoms with Crippen LogP contribution < -0.4 is 0 Å². The standard InChI is InChI=1S/C20H16ClNO4S/c1-13(23)20(14(2)24)18(15-8-10-16(21)11-9-15)19(20,12-22)27(25,26)17-6-4-3-5-7-17/h3-11,18,23H,1H2,2H3. The van der Waals surface area contributed by atoms with Gasteiger partial charge in [0.05, 0.1) is 11.0 Å². The zero-order chi connectivity index (χ0) is 20.0. The van der Waals surface area contributed by atoms with Crippen molar-refractivity contribution in [1.82, 2.24) is 0 Å². The van der Waals surface area contributed by atoms with Crippen LogP contribution in [-0.4, -0.2) is 24.1 Å². The van der Waals surface area contributed by atoms with Gasteiger partial charge in [-0.25, -0.2) is 8.42 Å². The Morgan fingerprint density at radius 3 is 2.19 bits per heavy atom. The first-order valence-electron chi connectivity index (χ1n) is 8.03. The molecule has 7 heteroatoms. The van der Waals surface area contributed by atoms with E-state index >= 15 is 0 Å². The lowest BCUT2D eigenvalue weighted by atomic mass is 9.92. The zero-order valence-electron chi connectivity index (χ0n) is 14.4. The zero-order valence-corrected chi connectivity index (χ0v) is 16.0. The molecular formula is C20H16ClNO4S. The van der Waals surface area contributed by atoms with Crippen LogP contribution in [0.3, 0.4) is 0 Å². The van der Waals surface area contributed by atoms with Gasteiger partial charge >= 0.3 is 0 Å². The Morgan fingerprint density at radius 1 is 1.19 bits per heavy atom. The number of halogens is 1. The van der Waals surface area contributed by atoms with E-state index < -0.39 is 37.5 Å². The van der Waals surface area contributed by atoms with Crippen LogP contribution in [0.2, 0.25) is 5.02 Å². The van der Waals surface area contributed by atoms with Crippen LogP contribution in [0.5, 0.6) is 0 Å². The molecule has 1 aliphatic carbocycles. The maximum atomic E-state index is 13.5. The molecule has 0 bridgehead atoms. The van der Waals surface area contributed by atoms with E-state index in [4.69, 9.17) is 11.6 Å². The smallest absolute Gasteiger partial charge is 0.199 e. The Hall–Kier alpha value is -2.62. The number of aliphatic hydroxyl groups is 1. The highest BCUT2D eigenvalue weighted by atomic mass is 35.5. The van der Waals surface area contributed by atoms with E-state index in [-0.39, 0.29) is 4.90 Å². The SMILES string of the molecule is C=C(O)C1(C(C)=O)C(c2ccc(Cl)cc2)C1(C#N)S(=O)(=O)c1ccccc1. The Bertz CT molecular complexity index is 1060. The number of Topliss-reactive ketones (excluding diaryl/α,β-unsaturated/α-hetero) is 1. The number of hydrogen-bond acceptors (Lipinski definition) is 5. The number of carbonyl (C=O) groups excluding carboxylic acids is 1. The molecule has 3 unspecified atom stereocenters. The molecule has 0 aromatic heterocycles. The van der Waals surface area contributed by atoms with Crippen molar-refractivity contribution in [2.75, 3.05) is 0 Å². The minimum absolute atomic E-state index is 0.102. The molecule has 138 valence electrons. The predicted octanol–water partition coefficient (Wildman–Crippen LogP) is 3.82. The molecule has 0 spiro atoms. The van der Waals surface area contributed by atoms with Crippen molar-refractivity contribution >= 4 is 27.2 Å². The molecule has 2 aromatic rings. The van der Waals surface area contributed by atoms with E-state index in [1.165, 1.54) is 36.4 Å². The second-order valence-electron chi connectivity index (χ2n) is 6.46. The summed E-state index contributed by atoms with van der Waals surface area (Å²) in [5.74, 6) is -2.39. The van der Waals surface area contributed by atoms with Gasteiger partial charge in [-0.05, 0) is 36.8 Å². The highest BCUT2D eigenvalue weighted by molar-refractivity contribution is 7.93. The van der Waals surface area contributed by atoms with Crippen molar-refractivity contribution in [2.45, 2.75) is 22.5 Å². The van der Waals surface area contributed by atoms with E-state index in [9.17, 15) is 23.6 Å². The van der Waals surface area contributed by atoms with Gasteiger partial charge in [0, 0.05) is 10.9 Å². The summed E-state index contributed by atoms with van der Waals surface area (Å²) in [4.78, 5) is 12.5. The minimum Gasteiger partial charge on any atom is -0.512 e. The summed E-state index contributed by atoms with van der Waals surface area (Å²) in [7, 11) is -4.32. The molecule has 5 nitrogen and oxygen atoms in total. The van der Waals surface area contributed by atoms with E-state index in [0.29, 0.717) is 10.6 Å². The highest BCUT2D eigenvalue weighted by Gasteiger charge is 2.88. The maximum Gasteiger partial charge on any atom is 0.199 e. The van der Waals surface area contributed by atoms with E-state index in [1.807, 2.05) is 6.07 Å². The molecule has 0 saturated heterocycles. The number of sulfone groups is 1. The number of carbonyl (C=O) groups is 1. The Labute approximate surface area is 162 Å². The molecule has 0 amide bonds. The van der Waals surface area contributed by atoms with Crippen LogP contribution in [0, 0.1) is 16.7 Å². The molecule has 27 heavy (non-hydrogen) atoms. The third-order valence-electron chi connectivity index (χ3n) is 5.20. The Kier molecular flexibility index (Phi) is 4.41. The van der Waals surface area contributed by atoms with Crippen LogP contribution in [0.15, 0.2) is 71.8 Å². The van der Waals surface area contributed by atoms with Gasteiger partial charge in [0.25, 0.3) is 0 Å². The summed E-state index contributed by atoms with van der Waals surface area (Å²) in [6.45, 7) is 4.60. The highest BCUT2D eigenvalue weighted by Crippen LogP contribution is 2.75. The second-order valence-corrected chi connectivity index (χ2v) is 9.02. The lowest BCUT2D eigenvalue weighted by molar-refractivity contribution is -0.121. The van der Waals surface area contributed by atoms with Crippen LogP contribution >= 0.6 is 11.6 Å². The number of ketones is 1. The third kappa shape index (κ3) is 2.29. The van der Waals surface area contributed by atoms with Crippen molar-refractivity contribution in [3.63, 3.8) is 0 Å². The van der Waals surface area contributed by atoms with Crippen LogP contribution in [0.25, 0.3) is 0 Å². The van der Waals surface area contributed by atoms with Crippen LogP contribution in [0.4, 0.5) is 0 Å². The average Bonchev–Trinajstić information content (AvgIpc) is 3.30. The van der Waals surface area contributed by atoms with Gasteiger partial charge in [-0.2, -0.15) is 5.26 Å². The number of benzene rings is 2. The van der Waals surface area contributed by atoms with E-state index in [0.717, 1.165) is 6.92 Å². The molecule has 0 aliphatic heterocycles. The van der Waals surface area contributed by atoms with E-state index in [2.05, 4.69) is 6.58 Å². The van der Waals surface area contributed by atoms with E-state index in [1.54, 1.807) is 18.2 Å². The van der Waals surface area contributed by atoms with Gasteiger partial charge in [-0.1, -0.05) is 48.5 Å². The van der Waals surface area contributed by atoms with Gasteiger partial charge in [-0.15, -0.1) is 0 Å². The third-order valence-corrected chi connectivity index (χ3v) is 7.84. The first-order valence-corrected chi connectivity index (χ1v) is 9.89. The van der Waals surface area contributed by atoms with Crippen molar-refractivity contribution in [1.29, 1.82) is 5.26 Å². The molecule has 1 N–H and O–H groups in total. The first-order chi connectivity index (χ1) is 12.7. The second kappa shape index (κ2) is 6.22. The average molecular weight is 402 g/mol. The molecule has 3 rings (SSSR count). The summed E-state index contributed by atoms with van der Waals surface area (Å²) in [6.07, 6.45) is 0. The number of rotatable bonds is 5. The topological polar surface area (TPSA) is 95.2 Å². The number of nitriles is 1. The van der Waals surface area contributed by atoms with Gasteiger partial charge in [-0.3, -0.25) is 4.79 Å². The van der Waals surface area contributed by atoms with Crippen LogP contribution in [0.1, 0.15) is 18.4 Å². The van der Waals surface area contributed by atoms with Gasteiger partial charge in [0.2, 0.25) is 0 Å². The lowest BCUT2D eigenvalue weighted by Crippen LogP contribution is -2.34. The fourth-order valence-electron chi connectivity index (χ4n) is 4.00. The van der Waals surface area contributed by atoms with Gasteiger partial charge < -0.3 is 5.11 Å². The van der Waals surface area contributed by atoms with Gasteiger partial charge in [0.1, 0.15) is 17.0 Å². The number of hydrogen-bond donors (Lipinski definition) is 1. The summed E-state index contributed by atoms with van der Waals surface area (Å²) in [5, 5.41) is 20.8. The van der Waals surface area contributed by atoms with Crippen molar-refractivity contribution in [2.24, 2.45) is 5.41 Å². The molecule has 1 fully saturated rings. The fraction of sp³-hybridized carbons (Fsp3) is 0.200. The maximum absolute atomic E-state index is 13.5. The number of allylic oxidation sites excluding steroid dienone is 1. The quantitative estimate of drug-likeness (QED) is 0.768. The molecule has 0 heterocycles. The van der Waals surface area contributed by atoms with Crippen molar-refractivity contribution in [3.05, 3.63) is 77.5 Å². The largest absolute Gasteiger partial charge is 0.512 e. The minimum atomic E-state index is -4.32. The lowest BCUT2D eigenvalue weighted by Gasteiger charge is -2.17. The molecule has 0 radical (unpaired) electrons. The summed E-state index contributed by atoms with van der Waals surface area (Å²) >= 11 is 5.91. The van der Waals surface area contributed by atoms with Gasteiger partial charge in [0.15, 0.2) is 14.6 Å². The molecule has 1 saturated carbocycles. The van der Waals surface area contributed by atoms with Crippen molar-refractivity contribution < 1.29 is 18.3 Å². The first kappa shape index (κ1) is 19.2. The number of aliphatic hydroxyl groups excluding tert-OH is 1. The van der Waals surface area contributed by atoms with Crippen molar-refractivity contribution in [3.8, 4) is 6.07 Å². The normalized spacial score (nSPS) is 26.8. The summed E-state index contributed by atoms with van der Waals surface area (Å²) < 4.78 is 24.7. The summed E-state index contributed by atoms with van der Waals surface area (Å²) in [5.41, 5.74) is -1.55. The summed E-state index contributed by atoms with van der Waals surface area (Å²) in [6, 6.07) is 15.4. The Morgan fingerprint density at radius 2 is 1.74 bits per heavy atom. The van der Waals surface area contributed by atoms with Crippen LogP contribution in [-0.2, 0) is 14.6 Å². The number of nitrogens with zero attached hydrogens (tertiary/aromatic N) is 1. The fourth-order valence-corrected chi connectivity index (χ4v) is 6.50. The Balaban J connectivity index is 2.35. The molecule has 3 atom stereocenters. The molecule has 2 aromatic carbocycles. The predicted molar refractivity (Wildman–Crippen MR) is 101 cm³/mol. The molecular weight excluding hydrogens is 386 g/mol. The monoisotopic (exact) mass is 401 g/mol.